The van der Waals surface area contributed by atoms with Crippen molar-refractivity contribution in [2.45, 2.75) is 0 Å². The van der Waals surface area contributed by atoms with Gasteiger partial charge in [0, 0.05) is 6.07 Å². The van der Waals surface area contributed by atoms with E-state index in [2.05, 4.69) is 19.5 Å². The van der Waals surface area contributed by atoms with Crippen molar-refractivity contribution in [1.82, 2.24) is 15.0 Å². The van der Waals surface area contributed by atoms with Crippen LogP contribution in [0.4, 0.5) is 0 Å². The van der Waals surface area contributed by atoms with E-state index in [9.17, 15) is 0 Å². The van der Waals surface area contributed by atoms with Crippen molar-refractivity contribution >= 4 is 23.4 Å². The molecule has 0 unspecified atom stereocenters. The second kappa shape index (κ2) is 4.25. The molecule has 2 aliphatic rings. The van der Waals surface area contributed by atoms with E-state index in [0.29, 0.717) is 17.5 Å². The number of hydrogen-bond acceptors (Lipinski definition) is 5. The molecule has 0 saturated heterocycles. The summed E-state index contributed by atoms with van der Waals surface area (Å²) in [5.41, 5.74) is 2.91. The van der Waals surface area contributed by atoms with Gasteiger partial charge in [-0.3, -0.25) is 0 Å². The molecule has 0 atom stereocenters. The topological polar surface area (TPSA) is 64.9 Å². The lowest BCUT2D eigenvalue weighted by Crippen LogP contribution is -2.73. The molecular weight excluding hydrogens is 293 g/mol. The molecule has 3 aromatic rings. The molecule has 0 amide bonds. The van der Waals surface area contributed by atoms with Gasteiger partial charge in [0.2, 0.25) is 17.5 Å². The van der Waals surface area contributed by atoms with Gasteiger partial charge in [0.15, 0.2) is 23.7 Å². The van der Waals surface area contributed by atoms with Crippen LogP contribution in [0.3, 0.4) is 0 Å². The smallest absolute Gasteiger partial charge is 0.395 e. The lowest BCUT2D eigenvalue weighted by atomic mass is 9.38. The Labute approximate surface area is 132 Å². The monoisotopic (exact) mass is 305 g/mol. The predicted molar refractivity (Wildman–Crippen MR) is 79.9 cm³/mol. The molecular formula is C15H12BN5O2+2. The van der Waals surface area contributed by atoms with Crippen LogP contribution < -0.4 is 35.3 Å². The quantitative estimate of drug-likeness (QED) is 0.251. The van der Waals surface area contributed by atoms with Crippen LogP contribution >= 0.6 is 0 Å². The Morgan fingerprint density at radius 3 is 2.57 bits per heavy atom. The highest BCUT2D eigenvalue weighted by Crippen LogP contribution is 2.29. The Kier molecular flexibility index (Phi) is 2.31. The summed E-state index contributed by atoms with van der Waals surface area (Å²) < 4.78 is 16.0. The van der Waals surface area contributed by atoms with Crippen LogP contribution in [0.1, 0.15) is 0 Å². The molecule has 7 nitrogen and oxygen atoms in total. The van der Waals surface area contributed by atoms with Crippen molar-refractivity contribution in [2.75, 3.05) is 0 Å². The average molecular weight is 305 g/mol. The van der Waals surface area contributed by atoms with E-state index >= 15 is 0 Å². The van der Waals surface area contributed by atoms with Gasteiger partial charge < -0.3 is 9.47 Å². The van der Waals surface area contributed by atoms with Crippen molar-refractivity contribution in [2.24, 2.45) is 14.1 Å². The maximum atomic E-state index is 5.98. The SMILES string of the molecule is C[n+]1cccc2c1B1c3c(ncnc3Oc3cnc[n+](C)c31)O2. The average Bonchev–Trinajstić information content (AvgIpc) is 2.55. The molecule has 2 aliphatic heterocycles. The van der Waals surface area contributed by atoms with E-state index < -0.39 is 0 Å². The Bertz CT molecular complexity index is 872. The van der Waals surface area contributed by atoms with Crippen molar-refractivity contribution in [3.8, 4) is 23.3 Å². The minimum absolute atomic E-state index is 0.0621. The fraction of sp³-hybridized carbons (Fsp3) is 0.133. The van der Waals surface area contributed by atoms with Crippen molar-refractivity contribution in [3.05, 3.63) is 37.2 Å². The van der Waals surface area contributed by atoms with E-state index in [1.54, 1.807) is 12.5 Å². The van der Waals surface area contributed by atoms with Gasteiger partial charge in [-0.15, -0.1) is 0 Å². The zero-order valence-corrected chi connectivity index (χ0v) is 12.6. The summed E-state index contributed by atoms with van der Waals surface area (Å²) in [4.78, 5) is 12.8. The van der Waals surface area contributed by atoms with Gasteiger partial charge >= 0.3 is 6.71 Å². The summed E-state index contributed by atoms with van der Waals surface area (Å²) in [6.45, 7) is -0.0621. The van der Waals surface area contributed by atoms with Crippen molar-refractivity contribution in [3.63, 3.8) is 0 Å². The maximum Gasteiger partial charge on any atom is 0.395 e. The third kappa shape index (κ3) is 1.57. The summed E-state index contributed by atoms with van der Waals surface area (Å²) in [6, 6.07) is 3.91. The summed E-state index contributed by atoms with van der Waals surface area (Å²) in [6.07, 6.45) is 6.96. The van der Waals surface area contributed by atoms with Crippen molar-refractivity contribution in [1.29, 1.82) is 0 Å². The normalized spacial score (nSPS) is 13.4. The van der Waals surface area contributed by atoms with E-state index in [4.69, 9.17) is 9.47 Å². The third-order valence-corrected chi connectivity index (χ3v) is 4.31. The highest BCUT2D eigenvalue weighted by Gasteiger charge is 2.50. The zero-order chi connectivity index (χ0) is 15.6. The fourth-order valence-electron chi connectivity index (χ4n) is 3.34. The van der Waals surface area contributed by atoms with Gasteiger partial charge in [-0.05, 0) is 6.07 Å². The summed E-state index contributed by atoms with van der Waals surface area (Å²) >= 11 is 0. The maximum absolute atomic E-state index is 5.98. The van der Waals surface area contributed by atoms with Crippen LogP contribution in [0.15, 0.2) is 37.2 Å². The fourth-order valence-corrected chi connectivity index (χ4v) is 3.34. The first-order valence-electron chi connectivity index (χ1n) is 7.26. The van der Waals surface area contributed by atoms with Gasteiger partial charge in [0.25, 0.3) is 6.33 Å². The second-order valence-corrected chi connectivity index (χ2v) is 5.66. The Hall–Kier alpha value is -3.03. The molecule has 110 valence electrons. The Morgan fingerprint density at radius 2 is 1.74 bits per heavy atom. The van der Waals surface area contributed by atoms with Gasteiger partial charge in [0.1, 0.15) is 19.0 Å². The number of aromatic nitrogens is 5. The van der Waals surface area contributed by atoms with E-state index in [1.807, 2.05) is 37.0 Å². The number of fused-ring (bicyclic) bond motifs is 4. The van der Waals surface area contributed by atoms with Gasteiger partial charge in [-0.2, -0.15) is 0 Å². The first-order valence-corrected chi connectivity index (χ1v) is 7.26. The molecule has 0 fully saturated rings. The Morgan fingerprint density at radius 1 is 1.00 bits per heavy atom. The number of hydrogen-bond donors (Lipinski definition) is 0. The molecule has 5 heterocycles. The van der Waals surface area contributed by atoms with Gasteiger partial charge in [0.05, 0.1) is 12.5 Å². The number of ether oxygens (including phenoxy) is 2. The summed E-state index contributed by atoms with van der Waals surface area (Å²) in [7, 11) is 3.97. The molecule has 0 N–H and O–H groups in total. The first kappa shape index (κ1) is 12.5. The molecule has 8 heteroatoms. The molecule has 0 aliphatic carbocycles. The van der Waals surface area contributed by atoms with Crippen LogP contribution in [-0.4, -0.2) is 21.7 Å². The van der Waals surface area contributed by atoms with Crippen LogP contribution in [0.25, 0.3) is 0 Å². The largest absolute Gasteiger partial charge is 0.434 e. The zero-order valence-electron chi connectivity index (χ0n) is 12.6. The molecule has 0 bridgehead atoms. The molecule has 0 spiro atoms. The van der Waals surface area contributed by atoms with Crippen LogP contribution in [-0.2, 0) is 14.1 Å². The number of rotatable bonds is 0. The highest BCUT2D eigenvalue weighted by molar-refractivity contribution is 6.96. The van der Waals surface area contributed by atoms with Gasteiger partial charge in [-0.25, -0.2) is 19.1 Å². The highest BCUT2D eigenvalue weighted by atomic mass is 16.5. The molecule has 5 rings (SSSR count). The van der Waals surface area contributed by atoms with E-state index in [0.717, 1.165) is 22.4 Å². The van der Waals surface area contributed by atoms with Crippen LogP contribution in [0.5, 0.6) is 23.3 Å². The lowest BCUT2D eigenvalue weighted by Gasteiger charge is -2.27. The summed E-state index contributed by atoms with van der Waals surface area (Å²) in [5.74, 6) is 2.56. The van der Waals surface area contributed by atoms with E-state index in [1.165, 1.54) is 6.33 Å². The second-order valence-electron chi connectivity index (χ2n) is 5.66. The minimum atomic E-state index is -0.0621. The van der Waals surface area contributed by atoms with Crippen LogP contribution in [0.2, 0.25) is 0 Å². The first-order chi connectivity index (χ1) is 11.2. The lowest BCUT2D eigenvalue weighted by molar-refractivity contribution is -0.660. The van der Waals surface area contributed by atoms with E-state index in [-0.39, 0.29) is 6.71 Å². The standard InChI is InChI=1S/C15H12BN5O2/c1-20-5-3-4-9-12(20)16-11-14(22-9)18-7-19-15(11)23-10-6-17-8-21(2)13(10)16/h3-8H,1-2H3/q+2. The molecule has 0 saturated carbocycles. The van der Waals surface area contributed by atoms with Gasteiger partial charge in [-0.1, -0.05) is 4.98 Å². The molecule has 23 heavy (non-hydrogen) atoms. The number of aryl methyl sites for hydroxylation is 2. The molecule has 0 radical (unpaired) electrons. The predicted octanol–water partition coefficient (Wildman–Crippen LogP) is -1.75. The third-order valence-electron chi connectivity index (χ3n) is 4.31. The molecule has 3 aromatic heterocycles. The number of pyridine rings is 1. The van der Waals surface area contributed by atoms with Crippen molar-refractivity contribution < 1.29 is 18.6 Å². The minimum Gasteiger partial charge on any atom is -0.434 e. The Balaban J connectivity index is 1.91. The van der Waals surface area contributed by atoms with Crippen LogP contribution in [0, 0.1) is 0 Å². The summed E-state index contributed by atoms with van der Waals surface area (Å²) in [5, 5.41) is 0. The number of nitrogens with zero attached hydrogens (tertiary/aromatic N) is 5. The molecule has 0 aromatic carbocycles.